The molecule has 2 nitrogen and oxygen atoms in total. The zero-order valence-electron chi connectivity index (χ0n) is 20.1. The Morgan fingerprint density at radius 2 is 1.86 bits per heavy atom. The molecule has 0 saturated heterocycles. The molecule has 3 aromatic heterocycles. The van der Waals surface area contributed by atoms with Gasteiger partial charge in [0.15, 0.2) is 0 Å². The summed E-state index contributed by atoms with van der Waals surface area (Å²) in [4.78, 5) is 5.83. The van der Waals surface area contributed by atoms with Crippen LogP contribution < -0.4 is 0 Å². The van der Waals surface area contributed by atoms with Crippen molar-refractivity contribution in [2.45, 2.75) is 41.0 Å². The number of furan rings is 1. The maximum Gasteiger partial charge on any atom is 0.144 e. The predicted octanol–water partition coefficient (Wildman–Crippen LogP) is 8.07. The van der Waals surface area contributed by atoms with Gasteiger partial charge in [0.05, 0.1) is 5.69 Å². The molecule has 0 amide bonds. The summed E-state index contributed by atoms with van der Waals surface area (Å²) >= 11 is 1.76. The molecule has 2 aromatic carbocycles. The molecule has 0 saturated carbocycles. The fourth-order valence-electron chi connectivity index (χ4n) is 4.06. The number of benzene rings is 2. The highest BCUT2D eigenvalue weighted by atomic mass is 32.1. The SMILES string of the molecule is [2H]C([2H])([2H])c1cnc(-c2cccc3c2oc2c4cc(C)sc4ccc32)cc1CC(C)(C)C. The Morgan fingerprint density at radius 1 is 1.03 bits per heavy atom. The number of thiophene rings is 1. The van der Waals surface area contributed by atoms with Crippen molar-refractivity contribution in [1.29, 1.82) is 0 Å². The Balaban J connectivity index is 1.75. The fourth-order valence-corrected chi connectivity index (χ4v) is 4.98. The summed E-state index contributed by atoms with van der Waals surface area (Å²) in [5.74, 6) is 0. The molecule has 0 N–H and O–H groups in total. The monoisotopic (exact) mass is 402 g/mol. The van der Waals surface area contributed by atoms with Gasteiger partial charge in [-0.25, -0.2) is 0 Å². The molecule has 3 heteroatoms. The summed E-state index contributed by atoms with van der Waals surface area (Å²) in [7, 11) is 0. The Kier molecular flexibility index (Phi) is 3.38. The van der Waals surface area contributed by atoms with Gasteiger partial charge in [-0.3, -0.25) is 4.98 Å². The molecule has 0 bridgehead atoms. The van der Waals surface area contributed by atoms with E-state index in [1.54, 1.807) is 11.3 Å². The van der Waals surface area contributed by atoms with Crippen LogP contribution in [0.1, 0.15) is 40.9 Å². The lowest BCUT2D eigenvalue weighted by molar-refractivity contribution is 0.410. The van der Waals surface area contributed by atoms with Crippen LogP contribution in [0.4, 0.5) is 0 Å². The van der Waals surface area contributed by atoms with Crippen molar-refractivity contribution in [3.63, 3.8) is 0 Å². The van der Waals surface area contributed by atoms with Crippen LogP contribution in [0.25, 0.3) is 43.3 Å². The average Bonchev–Trinajstić information content (AvgIpc) is 3.25. The van der Waals surface area contributed by atoms with E-state index in [2.05, 4.69) is 56.9 Å². The number of aryl methyl sites for hydroxylation is 2. The number of hydrogen-bond acceptors (Lipinski definition) is 3. The number of para-hydroxylation sites is 1. The maximum atomic E-state index is 7.96. The van der Waals surface area contributed by atoms with E-state index in [1.807, 2.05) is 18.2 Å². The zero-order chi connectivity index (χ0) is 22.8. The van der Waals surface area contributed by atoms with E-state index >= 15 is 0 Å². The smallest absolute Gasteiger partial charge is 0.144 e. The average molecular weight is 403 g/mol. The molecule has 0 fully saturated rings. The van der Waals surface area contributed by atoms with Crippen LogP contribution in [0.2, 0.25) is 0 Å². The second kappa shape index (κ2) is 6.43. The van der Waals surface area contributed by atoms with Crippen molar-refractivity contribution >= 4 is 43.4 Å². The van der Waals surface area contributed by atoms with Gasteiger partial charge < -0.3 is 4.42 Å². The van der Waals surface area contributed by atoms with Gasteiger partial charge in [0.2, 0.25) is 0 Å². The van der Waals surface area contributed by atoms with Gasteiger partial charge in [-0.1, -0.05) is 32.9 Å². The van der Waals surface area contributed by atoms with E-state index in [9.17, 15) is 0 Å². The zero-order valence-corrected chi connectivity index (χ0v) is 17.9. The van der Waals surface area contributed by atoms with E-state index in [4.69, 9.17) is 8.53 Å². The van der Waals surface area contributed by atoms with E-state index in [0.29, 0.717) is 12.0 Å². The predicted molar refractivity (Wildman–Crippen MR) is 125 cm³/mol. The number of fused-ring (bicyclic) bond motifs is 5. The van der Waals surface area contributed by atoms with Gasteiger partial charge in [0.1, 0.15) is 11.2 Å². The van der Waals surface area contributed by atoms with Crippen LogP contribution in [-0.2, 0) is 6.42 Å². The number of rotatable bonds is 2. The molecule has 3 heterocycles. The van der Waals surface area contributed by atoms with Crippen molar-refractivity contribution in [2.75, 3.05) is 0 Å². The Hall–Kier alpha value is -2.65. The summed E-state index contributed by atoms with van der Waals surface area (Å²) in [5.41, 5.74) is 4.38. The minimum atomic E-state index is -2.19. The van der Waals surface area contributed by atoms with Crippen LogP contribution in [0.3, 0.4) is 0 Å². The van der Waals surface area contributed by atoms with Crippen molar-refractivity contribution in [3.05, 3.63) is 64.7 Å². The second-order valence-electron chi connectivity index (χ2n) is 8.96. The first kappa shape index (κ1) is 15.2. The minimum absolute atomic E-state index is 0.0492. The highest BCUT2D eigenvalue weighted by molar-refractivity contribution is 7.19. The topological polar surface area (TPSA) is 26.0 Å². The molecule has 5 aromatic rings. The van der Waals surface area contributed by atoms with Crippen molar-refractivity contribution in [3.8, 4) is 11.3 Å². The first-order valence-electron chi connectivity index (χ1n) is 11.4. The standard InChI is InChI=1S/C26H25NOS/c1-15-14-27-22(12-17(15)13-26(3,4)5)20-8-6-7-18-19-9-10-23-21(11-16(2)29-23)25(19)28-24(18)20/h6-12,14H,13H2,1-5H3/i1D3. The molecule has 0 atom stereocenters. The molecule has 0 spiro atoms. The first-order valence-corrected chi connectivity index (χ1v) is 10.7. The summed E-state index contributed by atoms with van der Waals surface area (Å²) in [6.07, 6.45) is 2.17. The molecular weight excluding hydrogens is 374 g/mol. The summed E-state index contributed by atoms with van der Waals surface area (Å²) < 4.78 is 31.5. The van der Waals surface area contributed by atoms with Crippen LogP contribution in [0.5, 0.6) is 0 Å². The Morgan fingerprint density at radius 3 is 2.66 bits per heavy atom. The third-order valence-corrected chi connectivity index (χ3v) is 6.29. The number of nitrogens with zero attached hydrogens (tertiary/aromatic N) is 1. The van der Waals surface area contributed by atoms with Gasteiger partial charge in [-0.15, -0.1) is 11.3 Å². The third-order valence-electron chi connectivity index (χ3n) is 5.27. The van der Waals surface area contributed by atoms with Gasteiger partial charge in [-0.05, 0) is 67.1 Å². The van der Waals surface area contributed by atoms with Gasteiger partial charge >= 0.3 is 0 Å². The molecular formula is C26H25NOS. The van der Waals surface area contributed by atoms with Crippen LogP contribution in [0.15, 0.2) is 53.1 Å². The lowest BCUT2D eigenvalue weighted by Gasteiger charge is -2.20. The van der Waals surface area contributed by atoms with Crippen LogP contribution in [0, 0.1) is 19.2 Å². The number of hydrogen-bond donors (Lipinski definition) is 0. The molecule has 0 aliphatic rings. The van der Waals surface area contributed by atoms with E-state index in [0.717, 1.165) is 44.1 Å². The molecule has 0 radical (unpaired) electrons. The molecule has 0 aliphatic carbocycles. The lowest BCUT2D eigenvalue weighted by Crippen LogP contribution is -2.10. The molecule has 5 rings (SSSR count). The van der Waals surface area contributed by atoms with Gasteiger partial charge in [0.25, 0.3) is 0 Å². The summed E-state index contributed by atoms with van der Waals surface area (Å²) in [6, 6.07) is 14.5. The highest BCUT2D eigenvalue weighted by Gasteiger charge is 2.18. The van der Waals surface area contributed by atoms with E-state index < -0.39 is 6.85 Å². The Labute approximate surface area is 179 Å². The molecule has 0 unspecified atom stereocenters. The maximum absolute atomic E-state index is 7.96. The summed E-state index contributed by atoms with van der Waals surface area (Å²) in [6.45, 7) is 6.26. The van der Waals surface area contributed by atoms with Crippen molar-refractivity contribution in [2.24, 2.45) is 5.41 Å². The van der Waals surface area contributed by atoms with Crippen LogP contribution in [-0.4, -0.2) is 4.98 Å². The highest BCUT2D eigenvalue weighted by Crippen LogP contribution is 2.40. The molecule has 29 heavy (non-hydrogen) atoms. The van der Waals surface area contributed by atoms with Gasteiger partial charge in [0, 0.05) is 41.6 Å². The second-order valence-corrected chi connectivity index (χ2v) is 10.2. The first-order chi connectivity index (χ1) is 15.0. The third kappa shape index (κ3) is 3.14. The molecule has 0 aliphatic heterocycles. The molecule has 146 valence electrons. The number of aromatic nitrogens is 1. The van der Waals surface area contributed by atoms with Gasteiger partial charge in [-0.2, -0.15) is 0 Å². The largest absolute Gasteiger partial charge is 0.455 e. The minimum Gasteiger partial charge on any atom is -0.455 e. The Bertz CT molecular complexity index is 1480. The summed E-state index contributed by atoms with van der Waals surface area (Å²) in [5, 5.41) is 3.26. The van der Waals surface area contributed by atoms with Crippen molar-refractivity contribution in [1.82, 2.24) is 4.98 Å². The number of pyridine rings is 1. The van der Waals surface area contributed by atoms with E-state index in [-0.39, 0.29) is 5.41 Å². The van der Waals surface area contributed by atoms with Crippen molar-refractivity contribution < 1.29 is 8.53 Å². The fraction of sp³-hybridized carbons (Fsp3) is 0.269. The normalized spacial score (nSPS) is 14.4. The lowest BCUT2D eigenvalue weighted by atomic mass is 9.86. The quantitative estimate of drug-likeness (QED) is 0.298. The van der Waals surface area contributed by atoms with Crippen LogP contribution >= 0.6 is 11.3 Å². The van der Waals surface area contributed by atoms with E-state index in [1.165, 1.54) is 15.8 Å².